The second-order valence-corrected chi connectivity index (χ2v) is 6.59. The highest BCUT2D eigenvalue weighted by atomic mass is 19.2. The summed E-state index contributed by atoms with van der Waals surface area (Å²) in [6.07, 6.45) is 1.87. The van der Waals surface area contributed by atoms with Crippen LogP contribution in [0.1, 0.15) is 18.9 Å². The van der Waals surface area contributed by atoms with Gasteiger partial charge in [-0.25, -0.2) is 13.2 Å². The van der Waals surface area contributed by atoms with Gasteiger partial charge in [-0.3, -0.25) is 9.59 Å². The molecular weight excluding hydrogens is 371 g/mol. The molecule has 0 aromatic heterocycles. The minimum absolute atomic E-state index is 0.363. The van der Waals surface area contributed by atoms with Crippen LogP contribution in [0, 0.1) is 17.5 Å². The molecule has 2 aromatic rings. The number of hydrogen-bond acceptors (Lipinski definition) is 3. The van der Waals surface area contributed by atoms with E-state index in [0.29, 0.717) is 6.07 Å². The average molecular weight is 391 g/mol. The van der Waals surface area contributed by atoms with Gasteiger partial charge in [0, 0.05) is 12.2 Å². The molecule has 1 unspecified atom stereocenters. The third-order valence-corrected chi connectivity index (χ3v) is 4.73. The van der Waals surface area contributed by atoms with E-state index in [1.165, 1.54) is 5.56 Å². The summed E-state index contributed by atoms with van der Waals surface area (Å²) in [4.78, 5) is 26.4. The number of amides is 2. The van der Waals surface area contributed by atoms with E-state index in [4.69, 9.17) is 0 Å². The Morgan fingerprint density at radius 1 is 1.11 bits per heavy atom. The topological polar surface area (TPSA) is 61.4 Å². The van der Waals surface area contributed by atoms with Gasteiger partial charge in [-0.15, -0.1) is 0 Å². The fourth-order valence-corrected chi connectivity index (χ4v) is 3.24. The largest absolute Gasteiger partial charge is 0.360 e. The van der Waals surface area contributed by atoms with Gasteiger partial charge in [-0.2, -0.15) is 0 Å². The summed E-state index contributed by atoms with van der Waals surface area (Å²) in [7, 11) is 0. The van der Waals surface area contributed by atoms with Crippen molar-refractivity contribution in [1.82, 2.24) is 5.32 Å². The summed E-state index contributed by atoms with van der Waals surface area (Å²) in [6.45, 7) is 2.04. The first-order chi connectivity index (χ1) is 13.4. The molecule has 2 aromatic carbocycles. The second kappa shape index (κ2) is 8.33. The molecule has 5 nitrogen and oxygen atoms in total. The zero-order valence-electron chi connectivity index (χ0n) is 15.3. The van der Waals surface area contributed by atoms with Gasteiger partial charge >= 0.3 is 0 Å². The number of aryl methyl sites for hydroxylation is 1. The number of hydrogen-bond donors (Lipinski definition) is 2. The Kier molecular flexibility index (Phi) is 5.87. The summed E-state index contributed by atoms with van der Waals surface area (Å²) in [6, 6.07) is 8.96. The number of nitrogens with one attached hydrogen (secondary N) is 2. The minimum Gasteiger partial charge on any atom is -0.360 e. The molecule has 8 heteroatoms. The predicted molar refractivity (Wildman–Crippen MR) is 99.5 cm³/mol. The first-order valence-corrected chi connectivity index (χ1v) is 8.94. The van der Waals surface area contributed by atoms with Crippen molar-refractivity contribution in [2.75, 3.05) is 23.3 Å². The van der Waals surface area contributed by atoms with Gasteiger partial charge < -0.3 is 15.5 Å². The van der Waals surface area contributed by atoms with Crippen molar-refractivity contribution in [3.05, 3.63) is 59.4 Å². The minimum atomic E-state index is -1.67. The lowest BCUT2D eigenvalue weighted by Gasteiger charge is -2.35. The summed E-state index contributed by atoms with van der Waals surface area (Å²) in [5.74, 6) is -5.61. The highest BCUT2D eigenvalue weighted by molar-refractivity contribution is 5.96. The zero-order valence-corrected chi connectivity index (χ0v) is 15.3. The maximum absolute atomic E-state index is 13.6. The molecule has 0 saturated carbocycles. The van der Waals surface area contributed by atoms with Crippen molar-refractivity contribution in [2.45, 2.75) is 25.8 Å². The van der Waals surface area contributed by atoms with E-state index in [1.807, 2.05) is 29.2 Å². The van der Waals surface area contributed by atoms with Gasteiger partial charge in [0.2, 0.25) is 11.8 Å². The van der Waals surface area contributed by atoms with Crippen molar-refractivity contribution >= 4 is 23.2 Å². The summed E-state index contributed by atoms with van der Waals surface area (Å²) in [5.41, 5.74) is 1.67. The van der Waals surface area contributed by atoms with E-state index in [0.717, 1.165) is 31.1 Å². The number of nitrogens with zero attached hydrogens (tertiary/aromatic N) is 1. The highest BCUT2D eigenvalue weighted by Crippen LogP contribution is 2.28. The molecule has 1 atom stereocenters. The lowest BCUT2D eigenvalue weighted by molar-refractivity contribution is -0.124. The van der Waals surface area contributed by atoms with Gasteiger partial charge in [0.15, 0.2) is 17.5 Å². The molecule has 1 heterocycles. The predicted octanol–water partition coefficient (Wildman–Crippen LogP) is 3.00. The van der Waals surface area contributed by atoms with Crippen molar-refractivity contribution in [3.63, 3.8) is 0 Å². The molecule has 148 valence electrons. The molecule has 0 saturated heterocycles. The van der Waals surface area contributed by atoms with Crippen molar-refractivity contribution in [1.29, 1.82) is 0 Å². The van der Waals surface area contributed by atoms with Crippen LogP contribution in [0.4, 0.5) is 24.5 Å². The van der Waals surface area contributed by atoms with Crippen LogP contribution in [-0.4, -0.2) is 30.9 Å². The second-order valence-electron chi connectivity index (χ2n) is 6.59. The molecule has 1 aliphatic heterocycles. The summed E-state index contributed by atoms with van der Waals surface area (Å²) in [5, 5.41) is 4.61. The van der Waals surface area contributed by atoms with E-state index in [1.54, 1.807) is 6.92 Å². The van der Waals surface area contributed by atoms with Crippen molar-refractivity contribution < 1.29 is 22.8 Å². The van der Waals surface area contributed by atoms with Crippen LogP contribution in [0.3, 0.4) is 0 Å². The Morgan fingerprint density at radius 3 is 2.64 bits per heavy atom. The van der Waals surface area contributed by atoms with Crippen LogP contribution in [0.2, 0.25) is 0 Å². The Bertz CT molecular complexity index is 904. The summed E-state index contributed by atoms with van der Waals surface area (Å²) < 4.78 is 39.8. The molecule has 2 N–H and O–H groups in total. The molecule has 2 amide bonds. The fourth-order valence-electron chi connectivity index (χ4n) is 3.24. The number of carbonyl (C=O) groups is 2. The zero-order chi connectivity index (χ0) is 20.3. The Morgan fingerprint density at radius 2 is 1.86 bits per heavy atom. The number of carbonyl (C=O) groups excluding carboxylic acids is 2. The Balaban J connectivity index is 1.58. The number of fused-ring (bicyclic) bond motifs is 1. The smallest absolute Gasteiger partial charge is 0.243 e. The first-order valence-electron chi connectivity index (χ1n) is 8.94. The van der Waals surface area contributed by atoms with Crippen LogP contribution in [-0.2, 0) is 16.0 Å². The maximum atomic E-state index is 13.6. The average Bonchev–Trinajstić information content (AvgIpc) is 2.71. The molecule has 0 fully saturated rings. The lowest BCUT2D eigenvalue weighted by Crippen LogP contribution is -2.48. The maximum Gasteiger partial charge on any atom is 0.243 e. The van der Waals surface area contributed by atoms with Crippen LogP contribution in [0.5, 0.6) is 0 Å². The molecule has 0 spiro atoms. The van der Waals surface area contributed by atoms with Crippen molar-refractivity contribution in [3.8, 4) is 0 Å². The van der Waals surface area contributed by atoms with Gasteiger partial charge in [0.1, 0.15) is 6.04 Å². The third kappa shape index (κ3) is 4.11. The number of anilines is 2. The number of rotatable bonds is 5. The number of benzene rings is 2. The van der Waals surface area contributed by atoms with Gasteiger partial charge in [0.05, 0.1) is 12.2 Å². The van der Waals surface area contributed by atoms with E-state index >= 15 is 0 Å². The van der Waals surface area contributed by atoms with Crippen LogP contribution in [0.25, 0.3) is 0 Å². The third-order valence-electron chi connectivity index (χ3n) is 4.73. The van der Waals surface area contributed by atoms with Crippen LogP contribution < -0.4 is 15.5 Å². The molecule has 0 radical (unpaired) electrons. The van der Waals surface area contributed by atoms with Gasteiger partial charge in [0.25, 0.3) is 0 Å². The van der Waals surface area contributed by atoms with Gasteiger partial charge in [-0.05, 0) is 43.5 Å². The molecular formula is C20H20F3N3O2. The molecule has 0 bridgehead atoms. The molecule has 3 rings (SSSR count). The number of para-hydroxylation sites is 1. The van der Waals surface area contributed by atoms with Crippen LogP contribution in [0.15, 0.2) is 36.4 Å². The van der Waals surface area contributed by atoms with Crippen LogP contribution >= 0.6 is 0 Å². The van der Waals surface area contributed by atoms with E-state index in [-0.39, 0.29) is 5.91 Å². The van der Waals surface area contributed by atoms with E-state index < -0.39 is 41.6 Å². The normalized spacial score (nSPS) is 14.2. The first kappa shape index (κ1) is 19.7. The monoisotopic (exact) mass is 391 g/mol. The standard InChI is InChI=1S/C20H20F3N3O2/c1-12(26-10-4-6-13-5-2-3-7-16(13)26)20(28)24-11-17(27)25-15-9-8-14(21)18(22)19(15)23/h2-3,5,7-9,12H,4,6,10-11H2,1H3,(H,24,28)(H,25,27). The Hall–Kier alpha value is -3.03. The lowest BCUT2D eigenvalue weighted by atomic mass is 10.00. The molecule has 1 aliphatic rings. The SMILES string of the molecule is CC(C(=O)NCC(=O)Nc1ccc(F)c(F)c1F)N1CCCc2ccccc21. The quantitative estimate of drug-likeness (QED) is 0.771. The van der Waals surface area contributed by atoms with E-state index in [9.17, 15) is 22.8 Å². The van der Waals surface area contributed by atoms with E-state index in [2.05, 4.69) is 10.6 Å². The molecule has 28 heavy (non-hydrogen) atoms. The number of halogens is 3. The Labute approximate surface area is 160 Å². The fraction of sp³-hybridized carbons (Fsp3) is 0.300. The highest BCUT2D eigenvalue weighted by Gasteiger charge is 2.26. The summed E-state index contributed by atoms with van der Waals surface area (Å²) >= 11 is 0. The van der Waals surface area contributed by atoms with Crippen molar-refractivity contribution in [2.24, 2.45) is 0 Å². The van der Waals surface area contributed by atoms with Gasteiger partial charge in [-0.1, -0.05) is 18.2 Å². The molecule has 0 aliphatic carbocycles.